The van der Waals surface area contributed by atoms with E-state index in [4.69, 9.17) is 24.7 Å². The van der Waals surface area contributed by atoms with Gasteiger partial charge in [0.15, 0.2) is 18.1 Å². The third-order valence-electron chi connectivity index (χ3n) is 3.71. The number of benzene rings is 2. The Morgan fingerprint density at radius 3 is 2.00 bits per heavy atom. The number of esters is 1. The van der Waals surface area contributed by atoms with Crippen molar-refractivity contribution in [1.82, 2.24) is 0 Å². The van der Waals surface area contributed by atoms with Crippen molar-refractivity contribution in [1.29, 1.82) is 0 Å². The number of methoxy groups -OCH3 is 3. The molecule has 0 atom stereocenters. The maximum absolute atomic E-state index is 12.3. The number of nitrogens with one attached hydrogen (secondary N) is 1. The van der Waals surface area contributed by atoms with Gasteiger partial charge in [-0.3, -0.25) is 9.59 Å². The molecule has 148 valence electrons. The molecule has 0 aliphatic heterocycles. The molecular weight excluding hydrogens is 368 g/mol. The van der Waals surface area contributed by atoms with Crippen LogP contribution in [0.5, 0.6) is 17.2 Å². The van der Waals surface area contributed by atoms with E-state index in [1.165, 1.54) is 57.7 Å². The molecule has 0 unspecified atom stereocenters. The first kappa shape index (κ1) is 20.6. The summed E-state index contributed by atoms with van der Waals surface area (Å²) in [5.41, 5.74) is 5.97. The Morgan fingerprint density at radius 2 is 1.46 bits per heavy atom. The highest BCUT2D eigenvalue weighted by Gasteiger charge is 2.20. The lowest BCUT2D eigenvalue weighted by molar-refractivity contribution is -0.119. The third-order valence-corrected chi connectivity index (χ3v) is 3.71. The molecule has 2 amide bonds. The van der Waals surface area contributed by atoms with Crippen LogP contribution >= 0.6 is 0 Å². The molecule has 0 aromatic heterocycles. The van der Waals surface area contributed by atoms with Gasteiger partial charge >= 0.3 is 5.97 Å². The molecule has 0 spiro atoms. The van der Waals surface area contributed by atoms with Gasteiger partial charge in [0.2, 0.25) is 5.91 Å². The van der Waals surface area contributed by atoms with Crippen molar-refractivity contribution in [2.75, 3.05) is 33.3 Å². The molecule has 2 rings (SSSR count). The lowest BCUT2D eigenvalue weighted by atomic mass is 10.1. The van der Waals surface area contributed by atoms with Crippen LogP contribution in [0.1, 0.15) is 20.7 Å². The molecule has 0 bridgehead atoms. The van der Waals surface area contributed by atoms with Crippen LogP contribution in [0.3, 0.4) is 0 Å². The smallest absolute Gasteiger partial charge is 0.342 e. The summed E-state index contributed by atoms with van der Waals surface area (Å²) in [4.78, 5) is 35.4. The van der Waals surface area contributed by atoms with E-state index >= 15 is 0 Å². The summed E-state index contributed by atoms with van der Waals surface area (Å²) >= 11 is 0. The predicted molar refractivity (Wildman–Crippen MR) is 100.0 cm³/mol. The average molecular weight is 388 g/mol. The van der Waals surface area contributed by atoms with E-state index in [0.717, 1.165) is 0 Å². The Labute approximate surface area is 161 Å². The fourth-order valence-electron chi connectivity index (χ4n) is 2.31. The van der Waals surface area contributed by atoms with Gasteiger partial charge in [0, 0.05) is 23.4 Å². The first-order valence-corrected chi connectivity index (χ1v) is 8.06. The number of primary amides is 1. The van der Waals surface area contributed by atoms with Gasteiger partial charge in [0.05, 0.1) is 21.3 Å². The summed E-state index contributed by atoms with van der Waals surface area (Å²) in [7, 11) is 4.27. The second kappa shape index (κ2) is 9.26. The van der Waals surface area contributed by atoms with Crippen LogP contribution in [0.4, 0.5) is 5.69 Å². The summed E-state index contributed by atoms with van der Waals surface area (Å²) in [6.45, 7) is -0.520. The molecule has 0 aliphatic carbocycles. The molecule has 0 fully saturated rings. The van der Waals surface area contributed by atoms with Gasteiger partial charge in [0.1, 0.15) is 11.3 Å². The predicted octanol–water partition coefficient (Wildman–Crippen LogP) is 1.61. The fraction of sp³-hybridized carbons (Fsp3) is 0.211. The van der Waals surface area contributed by atoms with Crippen molar-refractivity contribution >= 4 is 23.5 Å². The first-order valence-electron chi connectivity index (χ1n) is 8.06. The minimum absolute atomic E-state index is 0.0822. The number of nitrogens with two attached hydrogens (primary N) is 1. The average Bonchev–Trinajstić information content (AvgIpc) is 2.71. The van der Waals surface area contributed by atoms with E-state index < -0.39 is 24.4 Å². The third kappa shape index (κ3) is 4.91. The molecule has 9 heteroatoms. The van der Waals surface area contributed by atoms with Crippen LogP contribution in [-0.4, -0.2) is 45.7 Å². The molecule has 9 nitrogen and oxygen atoms in total. The van der Waals surface area contributed by atoms with Crippen LogP contribution in [0, 0.1) is 0 Å². The van der Waals surface area contributed by atoms with Crippen molar-refractivity contribution in [2.45, 2.75) is 0 Å². The van der Waals surface area contributed by atoms with Crippen LogP contribution in [0.25, 0.3) is 0 Å². The Balaban J connectivity index is 2.03. The van der Waals surface area contributed by atoms with Crippen LogP contribution in [0.2, 0.25) is 0 Å². The normalized spacial score (nSPS) is 9.96. The number of rotatable bonds is 8. The second-order valence-electron chi connectivity index (χ2n) is 5.47. The lowest BCUT2D eigenvalue weighted by Crippen LogP contribution is -2.21. The molecule has 2 aromatic carbocycles. The Bertz CT molecular complexity index is 879. The molecule has 0 saturated heterocycles. The summed E-state index contributed by atoms with van der Waals surface area (Å²) in [5.74, 6) is -0.986. The fourth-order valence-corrected chi connectivity index (χ4v) is 2.31. The van der Waals surface area contributed by atoms with E-state index in [2.05, 4.69) is 5.32 Å². The lowest BCUT2D eigenvalue weighted by Gasteiger charge is -2.13. The molecule has 28 heavy (non-hydrogen) atoms. The van der Waals surface area contributed by atoms with Crippen LogP contribution in [-0.2, 0) is 9.53 Å². The Kier molecular flexibility index (Phi) is 6.80. The second-order valence-corrected chi connectivity index (χ2v) is 5.47. The van der Waals surface area contributed by atoms with Crippen molar-refractivity contribution in [3.63, 3.8) is 0 Å². The Morgan fingerprint density at radius 1 is 0.893 bits per heavy atom. The molecule has 2 aromatic rings. The van der Waals surface area contributed by atoms with Gasteiger partial charge in [-0.25, -0.2) is 4.79 Å². The zero-order valence-electron chi connectivity index (χ0n) is 15.6. The van der Waals surface area contributed by atoms with Gasteiger partial charge in [-0.15, -0.1) is 0 Å². The van der Waals surface area contributed by atoms with E-state index in [1.807, 2.05) is 0 Å². The zero-order valence-corrected chi connectivity index (χ0v) is 15.6. The van der Waals surface area contributed by atoms with E-state index in [1.54, 1.807) is 0 Å². The zero-order chi connectivity index (χ0) is 20.7. The largest absolute Gasteiger partial charge is 0.496 e. The minimum Gasteiger partial charge on any atom is -0.496 e. The molecule has 0 heterocycles. The van der Waals surface area contributed by atoms with Gasteiger partial charge in [-0.05, 0) is 24.3 Å². The number of hydrogen-bond acceptors (Lipinski definition) is 7. The maximum Gasteiger partial charge on any atom is 0.342 e. The minimum atomic E-state index is -0.767. The summed E-state index contributed by atoms with van der Waals surface area (Å²) in [6, 6.07) is 8.85. The van der Waals surface area contributed by atoms with Gasteiger partial charge < -0.3 is 30.0 Å². The highest BCUT2D eigenvalue weighted by molar-refractivity contribution is 5.98. The van der Waals surface area contributed by atoms with Crippen LogP contribution < -0.4 is 25.3 Å². The monoisotopic (exact) mass is 388 g/mol. The van der Waals surface area contributed by atoms with Gasteiger partial charge in [-0.1, -0.05) is 0 Å². The standard InChI is InChI=1S/C19H20N2O7/c1-25-14-9-16(27-3)15(26-2)8-13(14)19(24)28-10-17(22)21-12-6-4-11(5-7-12)18(20)23/h4-9H,10H2,1-3H3,(H2,20,23)(H,21,22). The highest BCUT2D eigenvalue weighted by atomic mass is 16.5. The quantitative estimate of drug-likeness (QED) is 0.658. The summed E-state index contributed by atoms with van der Waals surface area (Å²) < 4.78 is 20.5. The van der Waals surface area contributed by atoms with Crippen molar-refractivity contribution < 1.29 is 33.3 Å². The van der Waals surface area contributed by atoms with Gasteiger partial charge in [0.25, 0.3) is 5.91 Å². The molecule has 0 aliphatic rings. The summed E-state index contributed by atoms with van der Waals surface area (Å²) in [6.07, 6.45) is 0. The molecule has 3 N–H and O–H groups in total. The number of anilines is 1. The van der Waals surface area contributed by atoms with Crippen molar-refractivity contribution in [3.8, 4) is 17.2 Å². The number of hydrogen-bond donors (Lipinski definition) is 2. The Hall–Kier alpha value is -3.75. The van der Waals surface area contributed by atoms with E-state index in [0.29, 0.717) is 22.7 Å². The highest BCUT2D eigenvalue weighted by Crippen LogP contribution is 2.34. The van der Waals surface area contributed by atoms with Gasteiger partial charge in [-0.2, -0.15) is 0 Å². The molecule has 0 radical (unpaired) electrons. The number of ether oxygens (including phenoxy) is 4. The topological polar surface area (TPSA) is 126 Å². The van der Waals surface area contributed by atoms with E-state index in [9.17, 15) is 14.4 Å². The number of amides is 2. The SMILES string of the molecule is COc1cc(OC)c(C(=O)OCC(=O)Nc2ccc(C(N)=O)cc2)cc1OC. The molecule has 0 saturated carbocycles. The molecular formula is C19H20N2O7. The maximum atomic E-state index is 12.3. The number of carbonyl (C=O) groups is 3. The first-order chi connectivity index (χ1) is 13.4. The number of carbonyl (C=O) groups excluding carboxylic acids is 3. The van der Waals surface area contributed by atoms with Crippen molar-refractivity contribution in [2.24, 2.45) is 5.73 Å². The van der Waals surface area contributed by atoms with Crippen LogP contribution in [0.15, 0.2) is 36.4 Å². The summed E-state index contributed by atoms with van der Waals surface area (Å²) in [5, 5.41) is 2.54. The van der Waals surface area contributed by atoms with Crippen molar-refractivity contribution in [3.05, 3.63) is 47.5 Å². The van der Waals surface area contributed by atoms with E-state index in [-0.39, 0.29) is 11.3 Å².